The van der Waals surface area contributed by atoms with E-state index in [9.17, 15) is 0 Å². The number of rotatable bonds is 4. The summed E-state index contributed by atoms with van der Waals surface area (Å²) in [6.45, 7) is 11.8. The number of hydrogen-bond donors (Lipinski definition) is 0. The second kappa shape index (κ2) is 6.21. The van der Waals surface area contributed by atoms with E-state index < -0.39 is 0 Å². The van der Waals surface area contributed by atoms with E-state index in [2.05, 4.69) is 19.2 Å². The summed E-state index contributed by atoms with van der Waals surface area (Å²) >= 11 is 0. The van der Waals surface area contributed by atoms with Gasteiger partial charge in [0.2, 0.25) is 0 Å². The van der Waals surface area contributed by atoms with Crippen molar-refractivity contribution >= 4 is 12.2 Å². The zero-order valence-corrected chi connectivity index (χ0v) is 13.5. The van der Waals surface area contributed by atoms with Crippen LogP contribution in [-0.4, -0.2) is 6.71 Å². The van der Waals surface area contributed by atoms with E-state index in [1.807, 2.05) is 50.3 Å². The minimum atomic E-state index is 0.0732. The van der Waals surface area contributed by atoms with Gasteiger partial charge in [-0.2, -0.15) is 0 Å². The van der Waals surface area contributed by atoms with Crippen LogP contribution < -0.4 is 14.9 Å². The molecule has 23 heavy (non-hydrogen) atoms. The average molecular weight is 302 g/mol. The highest BCUT2D eigenvalue weighted by molar-refractivity contribution is 6.89. The molecule has 0 spiro atoms. The molecule has 0 unspecified atom stereocenters. The SMILES string of the molecule is C=C/C=C\C1=C(C=C)Oc2cccc3c2B1C(/C=C\C)=C(C)O3. The van der Waals surface area contributed by atoms with E-state index in [0.717, 1.165) is 39.4 Å². The van der Waals surface area contributed by atoms with Crippen molar-refractivity contribution in [3.8, 4) is 11.5 Å². The number of benzene rings is 1. The van der Waals surface area contributed by atoms with E-state index in [1.54, 1.807) is 12.2 Å². The Hall–Kier alpha value is -2.68. The molecule has 0 bridgehead atoms. The normalized spacial score (nSPS) is 16.5. The summed E-state index contributed by atoms with van der Waals surface area (Å²) in [6.07, 6.45) is 11.6. The minimum Gasteiger partial charge on any atom is -0.463 e. The zero-order chi connectivity index (χ0) is 16.4. The lowest BCUT2D eigenvalue weighted by Crippen LogP contribution is -2.43. The second-order valence-corrected chi connectivity index (χ2v) is 5.44. The fourth-order valence-corrected chi connectivity index (χ4v) is 3.11. The molecule has 3 rings (SSSR count). The van der Waals surface area contributed by atoms with Crippen molar-refractivity contribution in [1.29, 1.82) is 0 Å². The summed E-state index contributed by atoms with van der Waals surface area (Å²) in [5.74, 6) is 3.36. The maximum Gasteiger partial charge on any atom is 0.260 e. The van der Waals surface area contributed by atoms with Crippen LogP contribution in [0.1, 0.15) is 13.8 Å². The Balaban J connectivity index is 2.30. The van der Waals surface area contributed by atoms with E-state index in [-0.39, 0.29) is 6.71 Å². The van der Waals surface area contributed by atoms with Gasteiger partial charge in [-0.3, -0.25) is 0 Å². The Morgan fingerprint density at radius 1 is 1.04 bits per heavy atom. The number of ether oxygens (including phenoxy) is 2. The van der Waals surface area contributed by atoms with Crippen LogP contribution in [0.4, 0.5) is 0 Å². The second-order valence-electron chi connectivity index (χ2n) is 5.44. The average Bonchev–Trinajstić information content (AvgIpc) is 2.56. The van der Waals surface area contributed by atoms with E-state index >= 15 is 0 Å². The summed E-state index contributed by atoms with van der Waals surface area (Å²) in [6, 6.07) is 5.91. The minimum absolute atomic E-state index is 0.0732. The Labute approximate surface area is 137 Å². The predicted molar refractivity (Wildman–Crippen MR) is 97.2 cm³/mol. The third-order valence-electron chi connectivity index (χ3n) is 4.05. The molecule has 0 amide bonds. The molecule has 114 valence electrons. The lowest BCUT2D eigenvalue weighted by atomic mass is 9.33. The van der Waals surface area contributed by atoms with Gasteiger partial charge in [0.25, 0.3) is 6.71 Å². The Bertz CT molecular complexity index is 794. The molecule has 0 radical (unpaired) electrons. The summed E-state index contributed by atoms with van der Waals surface area (Å²) in [4.78, 5) is 0. The standard InChI is InChI=1S/C20H19BO2/c1-5-8-11-16-17(7-3)23-19-13-9-12-18-20(19)21(16)15(10-6-2)14(4)22-18/h5-13H,1,3H2,2,4H3/b10-6-,11-8-. The van der Waals surface area contributed by atoms with Gasteiger partial charge in [-0.05, 0) is 43.0 Å². The highest BCUT2D eigenvalue weighted by atomic mass is 16.5. The zero-order valence-electron chi connectivity index (χ0n) is 13.5. The van der Waals surface area contributed by atoms with Gasteiger partial charge in [0.15, 0.2) is 0 Å². The van der Waals surface area contributed by atoms with Gasteiger partial charge >= 0.3 is 0 Å². The van der Waals surface area contributed by atoms with Crippen molar-refractivity contribution in [2.75, 3.05) is 0 Å². The highest BCUT2D eigenvalue weighted by Gasteiger charge is 2.39. The summed E-state index contributed by atoms with van der Waals surface area (Å²) in [5.41, 5.74) is 3.27. The van der Waals surface area contributed by atoms with E-state index in [4.69, 9.17) is 9.47 Å². The van der Waals surface area contributed by atoms with Crippen LogP contribution >= 0.6 is 0 Å². The Kier molecular flexibility index (Phi) is 4.11. The Morgan fingerprint density at radius 2 is 1.78 bits per heavy atom. The first-order valence-corrected chi connectivity index (χ1v) is 7.69. The van der Waals surface area contributed by atoms with Gasteiger partial charge in [0, 0.05) is 5.46 Å². The molecule has 0 aliphatic carbocycles. The topological polar surface area (TPSA) is 18.5 Å². The summed E-state index contributed by atoms with van der Waals surface area (Å²) in [7, 11) is 0. The number of hydrogen-bond acceptors (Lipinski definition) is 2. The van der Waals surface area contributed by atoms with Gasteiger partial charge in [-0.25, -0.2) is 0 Å². The third-order valence-corrected chi connectivity index (χ3v) is 4.05. The van der Waals surface area contributed by atoms with Crippen molar-refractivity contribution in [1.82, 2.24) is 0 Å². The highest BCUT2D eigenvalue weighted by Crippen LogP contribution is 2.36. The molecular weight excluding hydrogens is 283 g/mol. The molecule has 0 aromatic heterocycles. The van der Waals surface area contributed by atoms with Crippen LogP contribution in [0.2, 0.25) is 0 Å². The lowest BCUT2D eigenvalue weighted by Gasteiger charge is -2.33. The van der Waals surface area contributed by atoms with E-state index in [1.165, 1.54) is 0 Å². The molecule has 0 saturated heterocycles. The summed E-state index contributed by atoms with van der Waals surface area (Å²) < 4.78 is 12.1. The monoisotopic (exact) mass is 302 g/mol. The van der Waals surface area contributed by atoms with Crippen LogP contribution in [0.25, 0.3) is 0 Å². The van der Waals surface area contributed by atoms with Crippen molar-refractivity contribution in [3.05, 3.63) is 90.3 Å². The molecule has 2 aliphatic heterocycles. The predicted octanol–water partition coefficient (Wildman–Crippen LogP) is 4.28. The fourth-order valence-electron chi connectivity index (χ4n) is 3.11. The van der Waals surface area contributed by atoms with Crippen molar-refractivity contribution < 1.29 is 9.47 Å². The molecule has 1 aromatic rings. The van der Waals surface area contributed by atoms with Crippen LogP contribution in [0.3, 0.4) is 0 Å². The molecule has 2 nitrogen and oxygen atoms in total. The van der Waals surface area contributed by atoms with Gasteiger partial charge in [-0.15, -0.1) is 0 Å². The first kappa shape index (κ1) is 15.2. The summed E-state index contributed by atoms with van der Waals surface area (Å²) in [5, 5.41) is 0. The van der Waals surface area contributed by atoms with E-state index in [0.29, 0.717) is 0 Å². The number of allylic oxidation sites excluding steroid dienone is 9. The van der Waals surface area contributed by atoms with Gasteiger partial charge in [0.05, 0.1) is 5.76 Å². The first-order valence-electron chi connectivity index (χ1n) is 7.69. The maximum atomic E-state index is 6.05. The molecule has 0 N–H and O–H groups in total. The van der Waals surface area contributed by atoms with Crippen LogP contribution in [-0.2, 0) is 0 Å². The first-order chi connectivity index (χ1) is 11.2. The van der Waals surface area contributed by atoms with Crippen LogP contribution in [0.15, 0.2) is 90.3 Å². The quantitative estimate of drug-likeness (QED) is 0.610. The largest absolute Gasteiger partial charge is 0.463 e. The van der Waals surface area contributed by atoms with Gasteiger partial charge < -0.3 is 9.47 Å². The molecule has 2 heterocycles. The third kappa shape index (κ3) is 2.48. The maximum absolute atomic E-state index is 6.05. The van der Waals surface area contributed by atoms with Crippen molar-refractivity contribution in [2.45, 2.75) is 13.8 Å². The molecule has 2 aliphatic rings. The Morgan fingerprint density at radius 3 is 2.43 bits per heavy atom. The smallest absolute Gasteiger partial charge is 0.260 e. The van der Waals surface area contributed by atoms with Crippen molar-refractivity contribution in [2.24, 2.45) is 0 Å². The van der Waals surface area contributed by atoms with Gasteiger partial charge in [0.1, 0.15) is 17.3 Å². The molecule has 3 heteroatoms. The van der Waals surface area contributed by atoms with Crippen molar-refractivity contribution in [3.63, 3.8) is 0 Å². The molecule has 0 saturated carbocycles. The van der Waals surface area contributed by atoms with Crippen LogP contribution in [0, 0.1) is 0 Å². The lowest BCUT2D eigenvalue weighted by molar-refractivity contribution is 0.411. The molecule has 1 aromatic carbocycles. The molecular formula is C20H19BO2. The molecule has 0 atom stereocenters. The molecule has 0 fully saturated rings. The fraction of sp³-hybridized carbons (Fsp3) is 0.100. The van der Waals surface area contributed by atoms with Gasteiger partial charge in [-0.1, -0.05) is 49.6 Å². The van der Waals surface area contributed by atoms with Crippen LogP contribution in [0.5, 0.6) is 11.5 Å².